The Labute approximate surface area is 109 Å². The van der Waals surface area contributed by atoms with Crippen molar-refractivity contribution >= 4 is 17.5 Å². The molecule has 1 rings (SSSR count). The molecule has 0 aliphatic rings. The van der Waals surface area contributed by atoms with Crippen LogP contribution in [0, 0.1) is 5.82 Å². The molecule has 0 fully saturated rings. The Kier molecular flexibility index (Phi) is 5.46. The van der Waals surface area contributed by atoms with Gasteiger partial charge in [-0.15, -0.1) is 0 Å². The van der Waals surface area contributed by atoms with Crippen LogP contribution in [0.5, 0.6) is 0 Å². The van der Waals surface area contributed by atoms with Crippen molar-refractivity contribution in [3.05, 3.63) is 28.8 Å². The second kappa shape index (κ2) is 6.63. The maximum absolute atomic E-state index is 13.1. The summed E-state index contributed by atoms with van der Waals surface area (Å²) < 4.78 is 13.1. The van der Waals surface area contributed by atoms with Crippen LogP contribution in [-0.4, -0.2) is 33.8 Å². The van der Waals surface area contributed by atoms with Gasteiger partial charge in [0.1, 0.15) is 6.10 Å². The Morgan fingerprint density at radius 3 is 2.83 bits per heavy atom. The van der Waals surface area contributed by atoms with E-state index in [0.29, 0.717) is 0 Å². The molecule has 1 heterocycles. The van der Waals surface area contributed by atoms with Crippen LogP contribution in [0.2, 0.25) is 5.15 Å². The topological polar surface area (TPSA) is 82.5 Å². The second-order valence-corrected chi connectivity index (χ2v) is 4.18. The first-order chi connectivity index (χ1) is 8.41. The fraction of sp³-hybridized carbons (Fsp3) is 0.455. The summed E-state index contributed by atoms with van der Waals surface area (Å²) in [5.41, 5.74) is 0.132. The molecule has 2 atom stereocenters. The van der Waals surface area contributed by atoms with Crippen LogP contribution in [0.3, 0.4) is 0 Å². The van der Waals surface area contributed by atoms with Crippen molar-refractivity contribution in [1.29, 1.82) is 0 Å². The highest BCUT2D eigenvalue weighted by Gasteiger charge is 2.19. The van der Waals surface area contributed by atoms with Crippen LogP contribution in [0.25, 0.3) is 0 Å². The zero-order valence-corrected chi connectivity index (χ0v) is 10.5. The van der Waals surface area contributed by atoms with Crippen molar-refractivity contribution in [2.24, 2.45) is 0 Å². The Morgan fingerprint density at radius 2 is 2.28 bits per heavy atom. The van der Waals surface area contributed by atoms with Crippen LogP contribution in [0.1, 0.15) is 25.0 Å². The van der Waals surface area contributed by atoms with E-state index in [2.05, 4.69) is 10.3 Å². The Morgan fingerprint density at radius 1 is 1.61 bits per heavy atom. The van der Waals surface area contributed by atoms with E-state index in [1.165, 1.54) is 13.1 Å². The monoisotopic (exact) mass is 276 g/mol. The van der Waals surface area contributed by atoms with Gasteiger partial charge in [-0.25, -0.2) is 9.37 Å². The number of pyridine rings is 1. The van der Waals surface area contributed by atoms with Crippen LogP contribution in [0.15, 0.2) is 12.3 Å². The highest BCUT2D eigenvalue weighted by Crippen LogP contribution is 2.21. The summed E-state index contributed by atoms with van der Waals surface area (Å²) in [6.07, 6.45) is -1.07. The molecule has 1 amide bonds. The third-order valence-electron chi connectivity index (χ3n) is 2.34. The van der Waals surface area contributed by atoms with Crippen LogP contribution in [-0.2, 0) is 4.79 Å². The maximum Gasteiger partial charge on any atom is 0.216 e. The number of nitrogens with zero attached hydrogens (tertiary/aromatic N) is 1. The van der Waals surface area contributed by atoms with E-state index in [4.69, 9.17) is 11.6 Å². The van der Waals surface area contributed by atoms with E-state index < -0.39 is 18.0 Å². The first-order valence-electron chi connectivity index (χ1n) is 5.33. The molecule has 3 N–H and O–H groups in total. The number of amides is 1. The number of carbonyl (C=O) groups excluding carboxylic acids is 1. The van der Waals surface area contributed by atoms with Gasteiger partial charge in [0.25, 0.3) is 0 Å². The Hall–Kier alpha value is -1.24. The van der Waals surface area contributed by atoms with Crippen molar-refractivity contribution in [1.82, 2.24) is 10.3 Å². The summed E-state index contributed by atoms with van der Waals surface area (Å²) >= 11 is 5.41. The van der Waals surface area contributed by atoms with Gasteiger partial charge in [-0.3, -0.25) is 4.79 Å². The van der Waals surface area contributed by atoms with E-state index in [1.54, 1.807) is 0 Å². The predicted molar refractivity (Wildman–Crippen MR) is 63.5 cm³/mol. The summed E-state index contributed by atoms with van der Waals surface area (Å²) in [4.78, 5) is 14.2. The first-order valence-corrected chi connectivity index (χ1v) is 5.71. The zero-order chi connectivity index (χ0) is 13.7. The SMILES string of the molecule is CC(=O)NCCC(O)C(O)c1cnc(Cl)c(F)c1. The molecule has 5 nitrogen and oxygen atoms in total. The summed E-state index contributed by atoms with van der Waals surface area (Å²) in [6.45, 7) is 1.57. The van der Waals surface area contributed by atoms with E-state index in [0.717, 1.165) is 6.07 Å². The Balaban J connectivity index is 2.59. The minimum absolute atomic E-state index is 0.132. The summed E-state index contributed by atoms with van der Waals surface area (Å²) in [7, 11) is 0. The van der Waals surface area contributed by atoms with Crippen LogP contribution >= 0.6 is 11.6 Å². The van der Waals surface area contributed by atoms with Gasteiger partial charge < -0.3 is 15.5 Å². The largest absolute Gasteiger partial charge is 0.390 e. The molecule has 1 aromatic heterocycles. The fourth-order valence-electron chi connectivity index (χ4n) is 1.37. The molecule has 7 heteroatoms. The molecule has 0 saturated heterocycles. The van der Waals surface area contributed by atoms with Crippen molar-refractivity contribution in [3.63, 3.8) is 0 Å². The third kappa shape index (κ3) is 4.21. The second-order valence-electron chi connectivity index (χ2n) is 3.83. The molecule has 0 aliphatic carbocycles. The number of aromatic nitrogens is 1. The first kappa shape index (κ1) is 14.8. The molecule has 0 spiro atoms. The van der Waals surface area contributed by atoms with Gasteiger partial charge >= 0.3 is 0 Å². The predicted octanol–water partition coefficient (Wildman–Crippen LogP) is 0.795. The van der Waals surface area contributed by atoms with Crippen LogP contribution in [0.4, 0.5) is 4.39 Å². The molecule has 1 aromatic rings. The lowest BCUT2D eigenvalue weighted by molar-refractivity contribution is -0.119. The van der Waals surface area contributed by atoms with E-state index in [-0.39, 0.29) is 29.6 Å². The number of aliphatic hydroxyl groups is 2. The molecule has 18 heavy (non-hydrogen) atoms. The fourth-order valence-corrected chi connectivity index (χ4v) is 1.48. The third-order valence-corrected chi connectivity index (χ3v) is 2.62. The van der Waals surface area contributed by atoms with Crippen LogP contribution < -0.4 is 5.32 Å². The lowest BCUT2D eigenvalue weighted by Crippen LogP contribution is -2.27. The smallest absolute Gasteiger partial charge is 0.216 e. The Bertz CT molecular complexity index is 431. The molecule has 0 saturated carbocycles. The van der Waals surface area contributed by atoms with Gasteiger partial charge in [-0.2, -0.15) is 0 Å². The molecule has 100 valence electrons. The zero-order valence-electron chi connectivity index (χ0n) is 9.73. The lowest BCUT2D eigenvalue weighted by Gasteiger charge is -2.18. The van der Waals surface area contributed by atoms with E-state index in [1.807, 2.05) is 0 Å². The molecule has 2 unspecified atom stereocenters. The van der Waals surface area contributed by atoms with Gasteiger partial charge in [0.15, 0.2) is 11.0 Å². The highest BCUT2D eigenvalue weighted by molar-refractivity contribution is 6.29. The molecular formula is C11H14ClFN2O3. The molecular weight excluding hydrogens is 263 g/mol. The number of aliphatic hydroxyl groups excluding tert-OH is 2. The van der Waals surface area contributed by atoms with Crippen molar-refractivity contribution in [3.8, 4) is 0 Å². The highest BCUT2D eigenvalue weighted by atomic mass is 35.5. The number of nitrogens with one attached hydrogen (secondary N) is 1. The summed E-state index contributed by atoms with van der Waals surface area (Å²) in [5.74, 6) is -0.988. The molecule has 0 radical (unpaired) electrons. The van der Waals surface area contributed by atoms with Gasteiger partial charge in [-0.1, -0.05) is 11.6 Å². The van der Waals surface area contributed by atoms with Gasteiger partial charge in [0.2, 0.25) is 5.91 Å². The average Bonchev–Trinajstić information content (AvgIpc) is 2.31. The summed E-state index contributed by atoms with van der Waals surface area (Å²) in [5, 5.41) is 21.6. The number of carbonyl (C=O) groups is 1. The van der Waals surface area contributed by atoms with Gasteiger partial charge in [-0.05, 0) is 12.5 Å². The number of hydrogen-bond donors (Lipinski definition) is 3. The number of rotatable bonds is 5. The number of hydrogen-bond acceptors (Lipinski definition) is 4. The molecule has 0 aliphatic heterocycles. The number of halogens is 2. The van der Waals surface area contributed by atoms with Gasteiger partial charge in [0.05, 0.1) is 6.10 Å². The van der Waals surface area contributed by atoms with E-state index in [9.17, 15) is 19.4 Å². The minimum Gasteiger partial charge on any atom is -0.390 e. The van der Waals surface area contributed by atoms with Crippen molar-refractivity contribution in [2.75, 3.05) is 6.54 Å². The average molecular weight is 277 g/mol. The minimum atomic E-state index is -1.28. The lowest BCUT2D eigenvalue weighted by atomic mass is 10.0. The maximum atomic E-state index is 13.1. The van der Waals surface area contributed by atoms with Gasteiger partial charge in [0, 0.05) is 25.2 Å². The standard InChI is InChI=1S/C11H14ClFN2O3/c1-6(16)14-3-2-9(17)10(18)7-4-8(13)11(12)15-5-7/h4-5,9-10,17-18H,2-3H2,1H3,(H,14,16). The normalized spacial score (nSPS) is 14.1. The van der Waals surface area contributed by atoms with Crippen molar-refractivity contribution in [2.45, 2.75) is 25.6 Å². The molecule has 0 bridgehead atoms. The van der Waals surface area contributed by atoms with Crippen molar-refractivity contribution < 1.29 is 19.4 Å². The summed E-state index contributed by atoms with van der Waals surface area (Å²) in [6, 6.07) is 1.02. The van der Waals surface area contributed by atoms with E-state index >= 15 is 0 Å². The quantitative estimate of drug-likeness (QED) is 0.695. The molecule has 0 aromatic carbocycles.